The molecule has 0 unspecified atom stereocenters. The average Bonchev–Trinajstić information content (AvgIpc) is 3.87. The van der Waals surface area contributed by atoms with E-state index in [1.807, 2.05) is 29.5 Å². The van der Waals surface area contributed by atoms with Crippen LogP contribution in [0.25, 0.3) is 104 Å². The number of aromatic nitrogens is 3. The second-order valence-electron chi connectivity index (χ2n) is 13.0. The van der Waals surface area contributed by atoms with Crippen molar-refractivity contribution < 1.29 is 4.42 Å². The number of fused-ring (bicyclic) bond motifs is 10. The summed E-state index contributed by atoms with van der Waals surface area (Å²) in [4.78, 5) is 10.4. The van der Waals surface area contributed by atoms with E-state index < -0.39 is 0 Å². The van der Waals surface area contributed by atoms with E-state index in [-0.39, 0.29) is 0 Å². The van der Waals surface area contributed by atoms with Crippen molar-refractivity contribution in [3.05, 3.63) is 164 Å². The van der Waals surface area contributed by atoms with Crippen LogP contribution in [0.2, 0.25) is 0 Å². The molecule has 0 atom stereocenters. The number of hydrogen-bond donors (Lipinski definition) is 0. The van der Waals surface area contributed by atoms with Crippen LogP contribution in [0.15, 0.2) is 168 Å². The molecule has 0 radical (unpaired) electrons. The van der Waals surface area contributed by atoms with Crippen LogP contribution in [0.3, 0.4) is 0 Å². The predicted octanol–water partition coefficient (Wildman–Crippen LogP) is 12.8. The van der Waals surface area contributed by atoms with Gasteiger partial charge in [0.1, 0.15) is 11.2 Å². The molecule has 11 aromatic rings. The highest BCUT2D eigenvalue weighted by molar-refractivity contribution is 7.25. The Bertz CT molecular complexity index is 3150. The van der Waals surface area contributed by atoms with Crippen LogP contribution in [-0.2, 0) is 0 Å². The fraction of sp³-hybridized carbons (Fsp3) is 0. The van der Waals surface area contributed by atoms with Gasteiger partial charge in [0.2, 0.25) is 0 Å². The number of thiophene rings is 1. The van der Waals surface area contributed by atoms with Crippen molar-refractivity contribution in [2.24, 2.45) is 0 Å². The molecule has 11 rings (SSSR count). The summed E-state index contributed by atoms with van der Waals surface area (Å²) in [7, 11) is 0. The van der Waals surface area contributed by atoms with Crippen LogP contribution >= 0.6 is 11.3 Å². The molecule has 0 bridgehead atoms. The van der Waals surface area contributed by atoms with Crippen molar-refractivity contribution in [3.63, 3.8) is 0 Å². The molecule has 0 aliphatic carbocycles. The fourth-order valence-corrected chi connectivity index (χ4v) is 8.79. The third-order valence-corrected chi connectivity index (χ3v) is 11.2. The molecule has 4 nitrogen and oxygen atoms in total. The smallest absolute Gasteiger partial charge is 0.160 e. The van der Waals surface area contributed by atoms with Crippen molar-refractivity contribution in [1.29, 1.82) is 0 Å². The van der Waals surface area contributed by atoms with Gasteiger partial charge in [0, 0.05) is 64.1 Å². The molecule has 5 heteroatoms. The second-order valence-corrected chi connectivity index (χ2v) is 14.1. The Morgan fingerprint density at radius 1 is 0.431 bits per heavy atom. The van der Waals surface area contributed by atoms with Gasteiger partial charge in [0.25, 0.3) is 0 Å². The first-order valence-corrected chi connectivity index (χ1v) is 17.9. The zero-order chi connectivity index (χ0) is 33.5. The van der Waals surface area contributed by atoms with Crippen molar-refractivity contribution >= 4 is 75.3 Å². The minimum Gasteiger partial charge on any atom is -0.456 e. The molecule has 7 aromatic carbocycles. The summed E-state index contributed by atoms with van der Waals surface area (Å²) >= 11 is 1.83. The maximum atomic E-state index is 6.31. The lowest BCUT2D eigenvalue weighted by Gasteiger charge is -2.12. The van der Waals surface area contributed by atoms with Gasteiger partial charge in [-0.3, -0.25) is 0 Å². The lowest BCUT2D eigenvalue weighted by Crippen LogP contribution is -1.98. The molecule has 51 heavy (non-hydrogen) atoms. The first-order chi connectivity index (χ1) is 25.3. The van der Waals surface area contributed by atoms with Gasteiger partial charge in [-0.2, -0.15) is 0 Å². The monoisotopic (exact) mass is 669 g/mol. The molecule has 0 spiro atoms. The Morgan fingerprint density at radius 2 is 1.16 bits per heavy atom. The van der Waals surface area contributed by atoms with E-state index in [0.717, 1.165) is 66.7 Å². The average molecular weight is 670 g/mol. The van der Waals surface area contributed by atoms with Crippen LogP contribution < -0.4 is 0 Å². The summed E-state index contributed by atoms with van der Waals surface area (Å²) in [6.07, 6.45) is 0. The Hall–Kier alpha value is -6.56. The van der Waals surface area contributed by atoms with Crippen LogP contribution in [0, 0.1) is 0 Å². The first kappa shape index (κ1) is 28.3. The second kappa shape index (κ2) is 11.0. The summed E-state index contributed by atoms with van der Waals surface area (Å²) in [5, 5.41) is 7.18. The van der Waals surface area contributed by atoms with Crippen LogP contribution in [-0.4, -0.2) is 14.5 Å². The van der Waals surface area contributed by atoms with E-state index in [1.54, 1.807) is 0 Å². The van der Waals surface area contributed by atoms with Crippen molar-refractivity contribution in [2.75, 3.05) is 0 Å². The van der Waals surface area contributed by atoms with Crippen molar-refractivity contribution in [1.82, 2.24) is 14.5 Å². The number of hydrogen-bond acceptors (Lipinski definition) is 4. The molecule has 238 valence electrons. The third-order valence-electron chi connectivity index (χ3n) is 10.0. The summed E-state index contributed by atoms with van der Waals surface area (Å²) in [6.45, 7) is 0. The van der Waals surface area contributed by atoms with Gasteiger partial charge in [-0.1, -0.05) is 103 Å². The van der Waals surface area contributed by atoms with E-state index in [9.17, 15) is 0 Å². The summed E-state index contributed by atoms with van der Waals surface area (Å²) in [5.41, 5.74) is 9.98. The molecule has 0 amide bonds. The molecule has 0 aliphatic rings. The molecular formula is C46H27N3OS. The van der Waals surface area contributed by atoms with Crippen molar-refractivity contribution in [2.45, 2.75) is 0 Å². The van der Waals surface area contributed by atoms with E-state index in [1.165, 1.54) is 30.9 Å². The lowest BCUT2D eigenvalue weighted by atomic mass is 10.0. The highest BCUT2D eigenvalue weighted by Gasteiger charge is 2.19. The summed E-state index contributed by atoms with van der Waals surface area (Å²) in [6, 6.07) is 57.6. The molecule has 4 aromatic heterocycles. The molecule has 0 aliphatic heterocycles. The number of para-hydroxylation sites is 2. The van der Waals surface area contributed by atoms with Gasteiger partial charge in [-0.15, -0.1) is 11.3 Å². The topological polar surface area (TPSA) is 43.9 Å². The minimum atomic E-state index is 0.687. The van der Waals surface area contributed by atoms with Crippen LogP contribution in [0.4, 0.5) is 0 Å². The first-order valence-electron chi connectivity index (χ1n) is 17.1. The van der Waals surface area contributed by atoms with Crippen LogP contribution in [0.1, 0.15) is 0 Å². The van der Waals surface area contributed by atoms with E-state index in [0.29, 0.717) is 5.82 Å². The fourth-order valence-electron chi connectivity index (χ4n) is 7.70. The van der Waals surface area contributed by atoms with Gasteiger partial charge < -0.3 is 8.98 Å². The maximum absolute atomic E-state index is 6.31. The molecule has 0 fully saturated rings. The van der Waals surface area contributed by atoms with E-state index >= 15 is 0 Å². The Labute approximate surface area is 296 Å². The van der Waals surface area contributed by atoms with Gasteiger partial charge in [0.15, 0.2) is 5.82 Å². The zero-order valence-corrected chi connectivity index (χ0v) is 28.1. The molecule has 0 saturated heterocycles. The number of benzene rings is 7. The quantitative estimate of drug-likeness (QED) is 0.187. The SMILES string of the molecule is c1ccc(-c2cc(-c3ccc4sc5ccccc5c4c3)nc(-c3cccc(-n4c5ccccc5c5c6c(ccc54)oc4ccccc46)c3)n2)cc1. The molecular weight excluding hydrogens is 643 g/mol. The van der Waals surface area contributed by atoms with E-state index in [2.05, 4.69) is 150 Å². The minimum absolute atomic E-state index is 0.687. The normalized spacial score (nSPS) is 11.9. The van der Waals surface area contributed by atoms with Crippen molar-refractivity contribution in [3.8, 4) is 39.6 Å². The Morgan fingerprint density at radius 3 is 2.06 bits per heavy atom. The van der Waals surface area contributed by atoms with Crippen LogP contribution in [0.5, 0.6) is 0 Å². The number of furan rings is 1. The highest BCUT2D eigenvalue weighted by Crippen LogP contribution is 2.42. The highest BCUT2D eigenvalue weighted by atomic mass is 32.1. The van der Waals surface area contributed by atoms with E-state index in [4.69, 9.17) is 14.4 Å². The Balaban J connectivity index is 1.12. The van der Waals surface area contributed by atoms with Gasteiger partial charge >= 0.3 is 0 Å². The van der Waals surface area contributed by atoms with Gasteiger partial charge in [0.05, 0.1) is 22.4 Å². The number of nitrogens with zero attached hydrogens (tertiary/aromatic N) is 3. The summed E-state index contributed by atoms with van der Waals surface area (Å²) < 4.78 is 11.2. The summed E-state index contributed by atoms with van der Waals surface area (Å²) in [5.74, 6) is 0.687. The molecule has 0 saturated carbocycles. The zero-order valence-electron chi connectivity index (χ0n) is 27.2. The molecule has 4 heterocycles. The molecule has 0 N–H and O–H groups in total. The van der Waals surface area contributed by atoms with Gasteiger partial charge in [-0.25, -0.2) is 9.97 Å². The Kier molecular flexibility index (Phi) is 6.09. The number of rotatable bonds is 4. The predicted molar refractivity (Wildman–Crippen MR) is 213 cm³/mol. The third kappa shape index (κ3) is 4.38. The standard InChI is InChI=1S/C46H27N3OS/c1-2-11-28(12-3-1)36-27-37(29-21-24-43-35(26-29)32-15-6-9-20-42(32)51-43)48-46(47-36)30-13-10-14-31(25-30)49-38-18-7-4-16-33(38)44-39(49)22-23-41-45(44)34-17-5-8-19-40(34)50-41/h1-27H. The van der Waals surface area contributed by atoms with Gasteiger partial charge in [-0.05, 0) is 60.7 Å². The lowest BCUT2D eigenvalue weighted by molar-refractivity contribution is 0.669. The maximum Gasteiger partial charge on any atom is 0.160 e. The largest absolute Gasteiger partial charge is 0.456 e.